The van der Waals surface area contributed by atoms with E-state index in [9.17, 15) is 18.7 Å². The summed E-state index contributed by atoms with van der Waals surface area (Å²) in [5.41, 5.74) is 1.18. The van der Waals surface area contributed by atoms with Crippen molar-refractivity contribution in [3.05, 3.63) is 71.7 Å². The predicted octanol–water partition coefficient (Wildman–Crippen LogP) is 6.95. The van der Waals surface area contributed by atoms with E-state index in [4.69, 9.17) is 0 Å². The first kappa shape index (κ1) is 24.8. The summed E-state index contributed by atoms with van der Waals surface area (Å²) in [5, 5.41) is 12.3. The number of phenolic OH excluding ortho intramolecular Hbond substituents is 1. The van der Waals surface area contributed by atoms with Crippen molar-refractivity contribution in [2.24, 2.45) is 17.8 Å². The standard InChI is InChI=1S/C28H31F2N3O2/c1-4-17(3)18-11-16(2)12-19(13-18)21-9-10-31-15-26(21)33-28(35)25-8-7-23(29)27(32-25)22-6-5-20(34)14-24(22)30/h5-10,14-19,34H,4,11-13H2,1-3H3,(H,33,35). The minimum absolute atomic E-state index is 0.0434. The molecule has 0 radical (unpaired) electrons. The Labute approximate surface area is 204 Å². The van der Waals surface area contributed by atoms with Gasteiger partial charge < -0.3 is 10.4 Å². The van der Waals surface area contributed by atoms with Gasteiger partial charge in [0.05, 0.1) is 11.9 Å². The molecule has 0 saturated heterocycles. The molecule has 184 valence electrons. The van der Waals surface area contributed by atoms with Crippen molar-refractivity contribution >= 4 is 11.6 Å². The number of amides is 1. The summed E-state index contributed by atoms with van der Waals surface area (Å²) >= 11 is 0. The molecule has 1 aliphatic carbocycles. The zero-order valence-corrected chi connectivity index (χ0v) is 20.3. The smallest absolute Gasteiger partial charge is 0.274 e. The first-order valence-electron chi connectivity index (χ1n) is 12.2. The SMILES string of the molecule is CCC(C)C1CC(C)CC(c2ccncc2NC(=O)c2ccc(F)c(-c3ccc(O)cc3F)n2)C1. The fraction of sp³-hybridized carbons (Fsp3) is 0.393. The maximum atomic E-state index is 14.5. The third-order valence-corrected chi connectivity index (χ3v) is 7.26. The van der Waals surface area contributed by atoms with E-state index in [0.29, 0.717) is 29.4 Å². The summed E-state index contributed by atoms with van der Waals surface area (Å²) in [6.07, 6.45) is 7.84. The van der Waals surface area contributed by atoms with E-state index in [-0.39, 0.29) is 22.7 Å². The van der Waals surface area contributed by atoms with E-state index in [1.807, 2.05) is 6.07 Å². The summed E-state index contributed by atoms with van der Waals surface area (Å²) in [7, 11) is 0. The summed E-state index contributed by atoms with van der Waals surface area (Å²) < 4.78 is 28.8. The first-order chi connectivity index (χ1) is 16.8. The maximum Gasteiger partial charge on any atom is 0.274 e. The summed E-state index contributed by atoms with van der Waals surface area (Å²) in [5.74, 6) is -0.232. The van der Waals surface area contributed by atoms with Crippen molar-refractivity contribution in [3.8, 4) is 17.0 Å². The topological polar surface area (TPSA) is 75.1 Å². The molecule has 4 rings (SSSR count). The van der Waals surface area contributed by atoms with Gasteiger partial charge in [-0.25, -0.2) is 13.8 Å². The first-order valence-corrected chi connectivity index (χ1v) is 12.2. The van der Waals surface area contributed by atoms with E-state index >= 15 is 0 Å². The Morgan fingerprint density at radius 3 is 2.69 bits per heavy atom. The molecule has 7 heteroatoms. The molecule has 3 aromatic rings. The van der Waals surface area contributed by atoms with Gasteiger partial charge in [0.25, 0.3) is 5.91 Å². The maximum absolute atomic E-state index is 14.5. The van der Waals surface area contributed by atoms with Crippen LogP contribution in [-0.4, -0.2) is 21.0 Å². The van der Waals surface area contributed by atoms with Crippen LogP contribution in [0.4, 0.5) is 14.5 Å². The zero-order chi connectivity index (χ0) is 25.1. The van der Waals surface area contributed by atoms with Crippen molar-refractivity contribution in [1.29, 1.82) is 0 Å². The molecule has 2 heterocycles. The molecule has 1 aliphatic rings. The Morgan fingerprint density at radius 1 is 1.14 bits per heavy atom. The van der Waals surface area contributed by atoms with Gasteiger partial charge in [-0.05, 0) is 78.8 Å². The van der Waals surface area contributed by atoms with Crippen molar-refractivity contribution in [3.63, 3.8) is 0 Å². The highest BCUT2D eigenvalue weighted by Gasteiger charge is 2.31. The second-order valence-corrected chi connectivity index (χ2v) is 9.76. The van der Waals surface area contributed by atoms with Gasteiger partial charge in [-0.2, -0.15) is 0 Å². The number of halogens is 2. The number of rotatable bonds is 6. The van der Waals surface area contributed by atoms with Crippen LogP contribution in [0.15, 0.2) is 48.8 Å². The molecule has 0 spiro atoms. The molecule has 4 atom stereocenters. The fourth-order valence-corrected chi connectivity index (χ4v) is 5.21. The largest absolute Gasteiger partial charge is 0.508 e. The molecule has 4 unspecified atom stereocenters. The lowest BCUT2D eigenvalue weighted by atomic mass is 9.69. The van der Waals surface area contributed by atoms with Gasteiger partial charge >= 0.3 is 0 Å². The Hall–Kier alpha value is -3.35. The summed E-state index contributed by atoms with van der Waals surface area (Å²) in [4.78, 5) is 21.4. The van der Waals surface area contributed by atoms with Crippen molar-refractivity contribution in [2.45, 2.75) is 52.4 Å². The molecule has 1 amide bonds. The Morgan fingerprint density at radius 2 is 1.94 bits per heavy atom. The van der Waals surface area contributed by atoms with Gasteiger partial charge in [-0.1, -0.05) is 27.2 Å². The van der Waals surface area contributed by atoms with Crippen LogP contribution in [-0.2, 0) is 0 Å². The van der Waals surface area contributed by atoms with E-state index in [1.165, 1.54) is 24.6 Å². The third kappa shape index (κ3) is 5.50. The van der Waals surface area contributed by atoms with E-state index in [2.05, 4.69) is 36.1 Å². The Balaban J connectivity index is 1.60. The number of pyridine rings is 2. The fourth-order valence-electron chi connectivity index (χ4n) is 5.21. The highest BCUT2D eigenvalue weighted by atomic mass is 19.1. The van der Waals surface area contributed by atoms with Gasteiger partial charge in [-0.15, -0.1) is 0 Å². The Kier molecular flexibility index (Phi) is 7.43. The van der Waals surface area contributed by atoms with E-state index in [1.54, 1.807) is 12.4 Å². The summed E-state index contributed by atoms with van der Waals surface area (Å²) in [6.45, 7) is 6.82. The average molecular weight is 480 g/mol. The lowest BCUT2D eigenvalue weighted by Gasteiger charge is -2.37. The minimum Gasteiger partial charge on any atom is -0.508 e. The Bertz CT molecular complexity index is 1220. The number of nitrogens with zero attached hydrogens (tertiary/aromatic N) is 2. The number of hydrogen-bond acceptors (Lipinski definition) is 4. The van der Waals surface area contributed by atoms with Crippen molar-refractivity contribution in [2.75, 3.05) is 5.32 Å². The zero-order valence-electron chi connectivity index (χ0n) is 20.3. The molecular formula is C28H31F2N3O2. The van der Waals surface area contributed by atoms with Gasteiger partial charge in [0.1, 0.15) is 28.8 Å². The molecule has 2 aromatic heterocycles. The molecule has 35 heavy (non-hydrogen) atoms. The quantitative estimate of drug-likeness (QED) is 0.401. The van der Waals surface area contributed by atoms with Crippen LogP contribution >= 0.6 is 0 Å². The molecule has 1 saturated carbocycles. The molecule has 1 fully saturated rings. The number of aromatic nitrogens is 2. The number of phenols is 1. The number of benzene rings is 1. The minimum atomic E-state index is -0.828. The predicted molar refractivity (Wildman–Crippen MR) is 132 cm³/mol. The number of anilines is 1. The van der Waals surface area contributed by atoms with Gasteiger partial charge in [0, 0.05) is 17.8 Å². The molecular weight excluding hydrogens is 448 g/mol. The van der Waals surface area contributed by atoms with Gasteiger partial charge in [0.15, 0.2) is 0 Å². The summed E-state index contributed by atoms with van der Waals surface area (Å²) in [6, 6.07) is 7.67. The molecule has 0 aliphatic heterocycles. The normalized spacial score (nSPS) is 20.9. The third-order valence-electron chi connectivity index (χ3n) is 7.26. The highest BCUT2D eigenvalue weighted by Crippen LogP contribution is 2.44. The number of carbonyl (C=O) groups excluding carboxylic acids is 1. The second kappa shape index (κ2) is 10.5. The van der Waals surface area contributed by atoms with E-state index in [0.717, 1.165) is 37.0 Å². The van der Waals surface area contributed by atoms with Crippen LogP contribution in [0.2, 0.25) is 0 Å². The number of hydrogen-bond donors (Lipinski definition) is 2. The second-order valence-electron chi connectivity index (χ2n) is 9.76. The lowest BCUT2D eigenvalue weighted by molar-refractivity contribution is 0.102. The average Bonchev–Trinajstić information content (AvgIpc) is 2.84. The molecule has 1 aromatic carbocycles. The number of aromatic hydroxyl groups is 1. The van der Waals surface area contributed by atoms with E-state index < -0.39 is 17.5 Å². The van der Waals surface area contributed by atoms with Crippen LogP contribution in [0.3, 0.4) is 0 Å². The van der Waals surface area contributed by atoms with Crippen LogP contribution in [0.25, 0.3) is 11.3 Å². The highest BCUT2D eigenvalue weighted by molar-refractivity contribution is 6.03. The number of nitrogens with one attached hydrogen (secondary N) is 1. The molecule has 0 bridgehead atoms. The van der Waals surface area contributed by atoms with Crippen LogP contribution < -0.4 is 5.32 Å². The molecule has 2 N–H and O–H groups in total. The monoisotopic (exact) mass is 479 g/mol. The lowest BCUT2D eigenvalue weighted by Crippen LogP contribution is -2.25. The van der Waals surface area contributed by atoms with Crippen molar-refractivity contribution in [1.82, 2.24) is 9.97 Å². The van der Waals surface area contributed by atoms with Crippen LogP contribution in [0, 0.1) is 29.4 Å². The van der Waals surface area contributed by atoms with Crippen LogP contribution in [0.5, 0.6) is 5.75 Å². The van der Waals surface area contributed by atoms with Crippen molar-refractivity contribution < 1.29 is 18.7 Å². The van der Waals surface area contributed by atoms with Gasteiger partial charge in [-0.3, -0.25) is 9.78 Å². The van der Waals surface area contributed by atoms with Gasteiger partial charge in [0.2, 0.25) is 0 Å². The molecule has 5 nitrogen and oxygen atoms in total. The van der Waals surface area contributed by atoms with Crippen LogP contribution in [0.1, 0.15) is 68.4 Å². The number of carbonyl (C=O) groups is 1.